The zero-order valence-electron chi connectivity index (χ0n) is 12.0. The molecule has 1 saturated carbocycles. The molecule has 0 spiro atoms. The predicted molar refractivity (Wildman–Crippen MR) is 78.5 cm³/mol. The van der Waals surface area contributed by atoms with Gasteiger partial charge in [0.05, 0.1) is 23.4 Å². The van der Waals surface area contributed by atoms with E-state index in [1.165, 1.54) is 11.0 Å². The van der Waals surface area contributed by atoms with Gasteiger partial charge in [-0.05, 0) is 25.0 Å². The third kappa shape index (κ3) is 3.72. The molecule has 21 heavy (non-hydrogen) atoms. The Hall–Kier alpha value is -2.08. The van der Waals surface area contributed by atoms with E-state index >= 15 is 0 Å². The number of urea groups is 1. The molecule has 1 aromatic rings. The van der Waals surface area contributed by atoms with Gasteiger partial charge in [-0.25, -0.2) is 9.59 Å². The van der Waals surface area contributed by atoms with Gasteiger partial charge >= 0.3 is 12.0 Å². The molecule has 1 aliphatic carbocycles. The lowest BCUT2D eigenvalue weighted by molar-refractivity contribution is 0.0261. The summed E-state index contributed by atoms with van der Waals surface area (Å²) in [6, 6.07) is 5.81. The first-order valence-electron chi connectivity index (χ1n) is 6.98. The zero-order chi connectivity index (χ0) is 15.5. The van der Waals surface area contributed by atoms with Crippen LogP contribution in [0.2, 0.25) is 0 Å². The summed E-state index contributed by atoms with van der Waals surface area (Å²) in [5.41, 5.74) is -0.530. The van der Waals surface area contributed by atoms with Crippen LogP contribution in [0.25, 0.3) is 0 Å². The fraction of sp³-hybridized carbons (Fsp3) is 0.467. The maximum Gasteiger partial charge on any atom is 0.337 e. The van der Waals surface area contributed by atoms with Gasteiger partial charge in [-0.1, -0.05) is 25.0 Å². The Morgan fingerprint density at radius 2 is 1.90 bits per heavy atom. The Labute approximate surface area is 123 Å². The summed E-state index contributed by atoms with van der Waals surface area (Å²) < 4.78 is 0. The van der Waals surface area contributed by atoms with E-state index in [0.717, 1.165) is 12.8 Å². The first kappa shape index (κ1) is 15.3. The van der Waals surface area contributed by atoms with Crippen LogP contribution in [0.3, 0.4) is 0 Å². The van der Waals surface area contributed by atoms with Gasteiger partial charge in [-0.3, -0.25) is 0 Å². The number of hydrogen-bond acceptors (Lipinski definition) is 3. The number of carbonyl (C=O) groups excluding carboxylic acids is 1. The van der Waals surface area contributed by atoms with Gasteiger partial charge < -0.3 is 20.4 Å². The molecule has 6 nitrogen and oxygen atoms in total. The molecule has 0 bridgehead atoms. The molecule has 1 fully saturated rings. The van der Waals surface area contributed by atoms with Crippen LogP contribution in [-0.2, 0) is 0 Å². The van der Waals surface area contributed by atoms with E-state index in [4.69, 9.17) is 5.11 Å². The number of rotatable bonds is 4. The molecule has 0 radical (unpaired) electrons. The molecule has 114 valence electrons. The number of aromatic carboxylic acids is 1. The van der Waals surface area contributed by atoms with Gasteiger partial charge in [-0.2, -0.15) is 0 Å². The highest BCUT2D eigenvalue weighted by atomic mass is 16.4. The number of likely N-dealkylation sites (N-methyl/N-ethyl adjacent to an activating group) is 1. The molecular weight excluding hydrogens is 272 g/mol. The second-order valence-electron chi connectivity index (χ2n) is 5.57. The van der Waals surface area contributed by atoms with Gasteiger partial charge in [0.15, 0.2) is 0 Å². The van der Waals surface area contributed by atoms with Crippen molar-refractivity contribution in [1.82, 2.24) is 4.90 Å². The van der Waals surface area contributed by atoms with Gasteiger partial charge in [-0.15, -0.1) is 0 Å². The van der Waals surface area contributed by atoms with E-state index in [1.54, 1.807) is 25.2 Å². The highest BCUT2D eigenvalue weighted by molar-refractivity contribution is 5.99. The number of benzene rings is 1. The minimum absolute atomic E-state index is 0.0406. The molecule has 0 aromatic heterocycles. The number of anilines is 1. The Morgan fingerprint density at radius 3 is 2.52 bits per heavy atom. The Kier molecular flexibility index (Phi) is 4.47. The molecule has 2 amide bonds. The molecule has 1 aromatic carbocycles. The second kappa shape index (κ2) is 6.13. The van der Waals surface area contributed by atoms with Crippen LogP contribution in [0.15, 0.2) is 24.3 Å². The largest absolute Gasteiger partial charge is 0.478 e. The van der Waals surface area contributed by atoms with Crippen molar-refractivity contribution in [2.24, 2.45) is 0 Å². The first-order valence-corrected chi connectivity index (χ1v) is 6.98. The van der Waals surface area contributed by atoms with Crippen molar-refractivity contribution in [3.05, 3.63) is 29.8 Å². The fourth-order valence-corrected chi connectivity index (χ4v) is 2.69. The first-order chi connectivity index (χ1) is 9.91. The van der Waals surface area contributed by atoms with Gasteiger partial charge in [0.2, 0.25) is 0 Å². The summed E-state index contributed by atoms with van der Waals surface area (Å²) in [7, 11) is 1.59. The Morgan fingerprint density at radius 1 is 1.29 bits per heavy atom. The van der Waals surface area contributed by atoms with Crippen molar-refractivity contribution in [1.29, 1.82) is 0 Å². The minimum atomic E-state index is -1.09. The highest BCUT2D eigenvalue weighted by Gasteiger charge is 2.33. The third-order valence-corrected chi connectivity index (χ3v) is 3.81. The fourth-order valence-electron chi connectivity index (χ4n) is 2.69. The van der Waals surface area contributed by atoms with Crippen molar-refractivity contribution in [3.63, 3.8) is 0 Å². The quantitative estimate of drug-likeness (QED) is 0.793. The van der Waals surface area contributed by atoms with E-state index in [2.05, 4.69) is 5.32 Å². The molecule has 0 atom stereocenters. The van der Waals surface area contributed by atoms with Crippen LogP contribution >= 0.6 is 0 Å². The number of nitrogens with zero attached hydrogens (tertiary/aromatic N) is 1. The van der Waals surface area contributed by atoms with Crippen molar-refractivity contribution in [2.45, 2.75) is 31.3 Å². The monoisotopic (exact) mass is 292 g/mol. The van der Waals surface area contributed by atoms with Crippen LogP contribution in [0.5, 0.6) is 0 Å². The lowest BCUT2D eigenvalue weighted by Gasteiger charge is -2.28. The van der Waals surface area contributed by atoms with Crippen molar-refractivity contribution in [2.75, 3.05) is 18.9 Å². The molecule has 0 heterocycles. The summed E-state index contributed by atoms with van der Waals surface area (Å²) >= 11 is 0. The van der Waals surface area contributed by atoms with Crippen LogP contribution in [0.1, 0.15) is 36.0 Å². The average Bonchev–Trinajstić information content (AvgIpc) is 2.85. The SMILES string of the molecule is CN(CC1(O)CCCC1)C(=O)Nc1ccccc1C(=O)O. The summed E-state index contributed by atoms with van der Waals surface area (Å²) in [5, 5.41) is 22.0. The second-order valence-corrected chi connectivity index (χ2v) is 5.57. The van der Waals surface area contributed by atoms with Crippen molar-refractivity contribution in [3.8, 4) is 0 Å². The normalized spacial score (nSPS) is 16.5. The highest BCUT2D eigenvalue weighted by Crippen LogP contribution is 2.30. The van der Waals surface area contributed by atoms with Gasteiger partial charge in [0.1, 0.15) is 0 Å². The van der Waals surface area contributed by atoms with E-state index in [9.17, 15) is 14.7 Å². The minimum Gasteiger partial charge on any atom is -0.478 e. The lowest BCUT2D eigenvalue weighted by atomic mass is 10.0. The maximum atomic E-state index is 12.1. The number of aliphatic hydroxyl groups is 1. The van der Waals surface area contributed by atoms with E-state index in [0.29, 0.717) is 12.8 Å². The molecule has 6 heteroatoms. The molecule has 2 rings (SSSR count). The van der Waals surface area contributed by atoms with Crippen LogP contribution in [0.4, 0.5) is 10.5 Å². The number of nitrogens with one attached hydrogen (secondary N) is 1. The van der Waals surface area contributed by atoms with Crippen LogP contribution < -0.4 is 5.32 Å². The van der Waals surface area contributed by atoms with E-state index < -0.39 is 17.6 Å². The number of amides is 2. The standard InChI is InChI=1S/C15H20N2O4/c1-17(10-15(21)8-4-5-9-15)14(20)16-12-7-3-2-6-11(12)13(18)19/h2-3,6-7,21H,4-5,8-10H2,1H3,(H,16,20)(H,18,19). The van der Waals surface area contributed by atoms with Gasteiger partial charge in [0, 0.05) is 7.05 Å². The number of hydrogen-bond donors (Lipinski definition) is 3. The van der Waals surface area contributed by atoms with Gasteiger partial charge in [0.25, 0.3) is 0 Å². The number of carboxylic acid groups (broad SMARTS) is 1. The van der Waals surface area contributed by atoms with E-state index in [1.807, 2.05) is 0 Å². The number of para-hydroxylation sites is 1. The Bertz CT molecular complexity index is 538. The predicted octanol–water partition coefficient (Wildman–Crippen LogP) is 2.15. The van der Waals surface area contributed by atoms with Crippen molar-refractivity contribution < 1.29 is 19.8 Å². The Balaban J connectivity index is 2.02. The molecule has 1 aliphatic rings. The summed E-state index contributed by atoms with van der Waals surface area (Å²) in [6.07, 6.45) is 3.31. The number of carbonyl (C=O) groups is 2. The number of carboxylic acids is 1. The average molecular weight is 292 g/mol. The molecular formula is C15H20N2O4. The van der Waals surface area contributed by atoms with Crippen molar-refractivity contribution >= 4 is 17.7 Å². The lowest BCUT2D eigenvalue weighted by Crippen LogP contribution is -2.43. The third-order valence-electron chi connectivity index (χ3n) is 3.81. The maximum absolute atomic E-state index is 12.1. The molecule has 0 saturated heterocycles. The molecule has 3 N–H and O–H groups in total. The molecule has 0 aliphatic heterocycles. The van der Waals surface area contributed by atoms with E-state index in [-0.39, 0.29) is 17.8 Å². The van der Waals surface area contributed by atoms with Crippen LogP contribution in [-0.4, -0.2) is 46.3 Å². The summed E-state index contributed by atoms with van der Waals surface area (Å²) in [5.74, 6) is -1.09. The zero-order valence-corrected chi connectivity index (χ0v) is 12.0. The van der Waals surface area contributed by atoms with Crippen LogP contribution in [0, 0.1) is 0 Å². The molecule has 0 unspecified atom stereocenters. The summed E-state index contributed by atoms with van der Waals surface area (Å²) in [6.45, 7) is 0.244. The summed E-state index contributed by atoms with van der Waals surface area (Å²) in [4.78, 5) is 24.6. The topological polar surface area (TPSA) is 89.9 Å². The smallest absolute Gasteiger partial charge is 0.337 e.